The number of amides is 1. The number of rotatable bonds is 5. The van der Waals surface area contributed by atoms with Crippen LogP contribution in [0.5, 0.6) is 5.75 Å². The zero-order valence-electron chi connectivity index (χ0n) is 15.1. The molecule has 0 saturated carbocycles. The van der Waals surface area contributed by atoms with E-state index in [2.05, 4.69) is 4.74 Å². The minimum atomic E-state index is -0.510. The van der Waals surface area contributed by atoms with E-state index in [9.17, 15) is 9.59 Å². The normalized spacial score (nSPS) is 18.0. The van der Waals surface area contributed by atoms with Gasteiger partial charge in [-0.2, -0.15) is 0 Å². The zero-order chi connectivity index (χ0) is 18.7. The highest BCUT2D eigenvalue weighted by Gasteiger charge is 2.32. The van der Waals surface area contributed by atoms with E-state index in [0.29, 0.717) is 25.4 Å². The lowest BCUT2D eigenvalue weighted by Gasteiger charge is -2.38. The molecular weight excluding hydrogens is 336 g/mol. The fourth-order valence-electron chi connectivity index (χ4n) is 3.02. The van der Waals surface area contributed by atoms with Crippen LogP contribution in [0.15, 0.2) is 40.8 Å². The van der Waals surface area contributed by atoms with E-state index in [1.54, 1.807) is 24.1 Å². The molecule has 1 aromatic heterocycles. The lowest BCUT2D eigenvalue weighted by molar-refractivity contribution is -0.125. The van der Waals surface area contributed by atoms with E-state index < -0.39 is 5.97 Å². The van der Waals surface area contributed by atoms with Crippen molar-refractivity contribution in [1.82, 2.24) is 4.90 Å². The summed E-state index contributed by atoms with van der Waals surface area (Å²) in [5, 5.41) is 0. The van der Waals surface area contributed by atoms with Crippen LogP contribution in [0.3, 0.4) is 0 Å². The molecule has 1 aliphatic heterocycles. The molecule has 1 aromatic carbocycles. The molecule has 0 radical (unpaired) electrons. The summed E-state index contributed by atoms with van der Waals surface area (Å²) in [5.41, 5.74) is 0.855. The molecule has 1 amide bonds. The topological polar surface area (TPSA) is 72.2 Å². The first kappa shape index (κ1) is 18.0. The molecule has 2 heterocycles. The highest BCUT2D eigenvalue weighted by atomic mass is 16.5. The number of hydrogen-bond acceptors (Lipinski definition) is 6. The summed E-state index contributed by atoms with van der Waals surface area (Å²) in [5.74, 6) is 1.07. The van der Waals surface area contributed by atoms with Gasteiger partial charge in [-0.15, -0.1) is 0 Å². The summed E-state index contributed by atoms with van der Waals surface area (Å²) < 4.78 is 15.3. The van der Waals surface area contributed by atoms with Crippen LogP contribution in [0.1, 0.15) is 23.2 Å². The summed E-state index contributed by atoms with van der Waals surface area (Å²) in [6, 6.07) is 10.5. The molecule has 7 nitrogen and oxygen atoms in total. The number of furan rings is 1. The number of ether oxygens (including phenoxy) is 2. The van der Waals surface area contributed by atoms with Crippen molar-refractivity contribution in [2.75, 3.05) is 32.2 Å². The van der Waals surface area contributed by atoms with Crippen LogP contribution in [-0.2, 0) is 16.1 Å². The molecule has 2 aromatic rings. The minimum Gasteiger partial charge on any atom is -0.497 e. The second kappa shape index (κ2) is 7.61. The molecule has 7 heteroatoms. The van der Waals surface area contributed by atoms with Gasteiger partial charge < -0.3 is 18.8 Å². The Kier molecular flexibility index (Phi) is 5.27. The highest BCUT2D eigenvalue weighted by Crippen LogP contribution is 2.24. The Morgan fingerprint density at radius 3 is 2.54 bits per heavy atom. The van der Waals surface area contributed by atoms with Gasteiger partial charge in [0.2, 0.25) is 11.7 Å². The van der Waals surface area contributed by atoms with Gasteiger partial charge in [0.05, 0.1) is 26.8 Å². The van der Waals surface area contributed by atoms with Gasteiger partial charge in [0.1, 0.15) is 11.5 Å². The molecule has 0 bridgehead atoms. The molecule has 1 fully saturated rings. The third-order valence-corrected chi connectivity index (χ3v) is 4.57. The second-order valence-corrected chi connectivity index (χ2v) is 6.09. The van der Waals surface area contributed by atoms with E-state index in [1.165, 1.54) is 7.11 Å². The van der Waals surface area contributed by atoms with Crippen molar-refractivity contribution < 1.29 is 23.5 Å². The first-order valence-electron chi connectivity index (χ1n) is 8.40. The zero-order valence-corrected chi connectivity index (χ0v) is 15.1. The van der Waals surface area contributed by atoms with Crippen molar-refractivity contribution in [1.29, 1.82) is 0 Å². The SMILES string of the molecule is COC(=O)c1ccc(CN2CCN(c3ccc(OC)cc3)C(=O)C2C)o1. The molecule has 0 N–H and O–H groups in total. The van der Waals surface area contributed by atoms with Gasteiger partial charge in [0, 0.05) is 18.8 Å². The number of benzene rings is 1. The molecular formula is C19H22N2O5. The van der Waals surface area contributed by atoms with Crippen molar-refractivity contribution in [2.24, 2.45) is 0 Å². The number of methoxy groups -OCH3 is 2. The number of carbonyl (C=O) groups excluding carboxylic acids is 2. The van der Waals surface area contributed by atoms with E-state index in [-0.39, 0.29) is 17.7 Å². The molecule has 1 unspecified atom stereocenters. The third kappa shape index (κ3) is 3.57. The fraction of sp³-hybridized carbons (Fsp3) is 0.368. The van der Waals surface area contributed by atoms with Gasteiger partial charge in [0.15, 0.2) is 0 Å². The lowest BCUT2D eigenvalue weighted by atomic mass is 10.1. The standard InChI is InChI=1S/C19H22N2O5/c1-13-18(22)21(14-4-6-15(24-2)7-5-14)11-10-20(13)12-16-8-9-17(26-16)19(23)25-3/h4-9,13H,10-12H2,1-3H3. The molecule has 1 saturated heterocycles. The van der Waals surface area contributed by atoms with Gasteiger partial charge >= 0.3 is 5.97 Å². The van der Waals surface area contributed by atoms with Crippen LogP contribution in [-0.4, -0.2) is 50.1 Å². The monoisotopic (exact) mass is 358 g/mol. The Labute approximate surface area is 152 Å². The van der Waals surface area contributed by atoms with Gasteiger partial charge in [-0.25, -0.2) is 4.79 Å². The van der Waals surface area contributed by atoms with Crippen molar-refractivity contribution in [3.8, 4) is 5.75 Å². The van der Waals surface area contributed by atoms with Crippen molar-refractivity contribution in [3.05, 3.63) is 47.9 Å². The maximum atomic E-state index is 12.8. The third-order valence-electron chi connectivity index (χ3n) is 4.57. The second-order valence-electron chi connectivity index (χ2n) is 6.09. The van der Waals surface area contributed by atoms with Gasteiger partial charge in [-0.1, -0.05) is 0 Å². The average Bonchev–Trinajstić information content (AvgIpc) is 3.14. The van der Waals surface area contributed by atoms with Gasteiger partial charge in [-0.3, -0.25) is 9.69 Å². The summed E-state index contributed by atoms with van der Waals surface area (Å²) in [4.78, 5) is 28.1. The van der Waals surface area contributed by atoms with Crippen LogP contribution < -0.4 is 9.64 Å². The maximum absolute atomic E-state index is 12.8. The molecule has 26 heavy (non-hydrogen) atoms. The summed E-state index contributed by atoms with van der Waals surface area (Å²) in [7, 11) is 2.92. The predicted molar refractivity (Wildman–Crippen MR) is 95.3 cm³/mol. The Balaban J connectivity index is 1.67. The van der Waals surface area contributed by atoms with E-state index in [0.717, 1.165) is 11.4 Å². The van der Waals surface area contributed by atoms with Crippen molar-refractivity contribution in [3.63, 3.8) is 0 Å². The number of hydrogen-bond donors (Lipinski definition) is 0. The number of piperazine rings is 1. The molecule has 138 valence electrons. The summed E-state index contributed by atoms with van der Waals surface area (Å²) >= 11 is 0. The quantitative estimate of drug-likeness (QED) is 0.764. The van der Waals surface area contributed by atoms with Crippen molar-refractivity contribution in [2.45, 2.75) is 19.5 Å². The Hall–Kier alpha value is -2.80. The van der Waals surface area contributed by atoms with Gasteiger partial charge in [0.25, 0.3) is 0 Å². The van der Waals surface area contributed by atoms with Crippen LogP contribution in [0, 0.1) is 0 Å². The summed E-state index contributed by atoms with van der Waals surface area (Å²) in [6.45, 7) is 3.62. The number of esters is 1. The van der Waals surface area contributed by atoms with Crippen LogP contribution >= 0.6 is 0 Å². The molecule has 1 atom stereocenters. The van der Waals surface area contributed by atoms with Crippen molar-refractivity contribution >= 4 is 17.6 Å². The Morgan fingerprint density at radius 2 is 1.88 bits per heavy atom. The smallest absolute Gasteiger partial charge is 0.373 e. The summed E-state index contributed by atoms with van der Waals surface area (Å²) in [6.07, 6.45) is 0. The van der Waals surface area contributed by atoms with Crippen LogP contribution in [0.4, 0.5) is 5.69 Å². The first-order valence-corrected chi connectivity index (χ1v) is 8.40. The molecule has 1 aliphatic rings. The predicted octanol–water partition coefficient (Wildman–Crippen LogP) is 2.31. The Bertz CT molecular complexity index is 783. The maximum Gasteiger partial charge on any atom is 0.373 e. The van der Waals surface area contributed by atoms with Gasteiger partial charge in [-0.05, 0) is 43.3 Å². The molecule has 3 rings (SSSR count). The van der Waals surface area contributed by atoms with E-state index in [1.807, 2.05) is 36.1 Å². The first-order chi connectivity index (χ1) is 12.5. The lowest BCUT2D eigenvalue weighted by Crippen LogP contribution is -2.55. The van der Waals surface area contributed by atoms with E-state index >= 15 is 0 Å². The molecule has 0 spiro atoms. The number of nitrogens with zero attached hydrogens (tertiary/aromatic N) is 2. The largest absolute Gasteiger partial charge is 0.497 e. The molecule has 0 aliphatic carbocycles. The minimum absolute atomic E-state index is 0.0289. The number of anilines is 1. The van der Waals surface area contributed by atoms with E-state index in [4.69, 9.17) is 9.15 Å². The van der Waals surface area contributed by atoms with Crippen LogP contribution in [0.2, 0.25) is 0 Å². The Morgan fingerprint density at radius 1 is 1.15 bits per heavy atom. The van der Waals surface area contributed by atoms with Crippen LogP contribution in [0.25, 0.3) is 0 Å². The highest BCUT2D eigenvalue weighted by molar-refractivity contribution is 5.97. The average molecular weight is 358 g/mol. The number of carbonyl (C=O) groups is 2. The fourth-order valence-corrected chi connectivity index (χ4v) is 3.02.